The molecule has 2 rings (SSSR count). The van der Waals surface area contributed by atoms with Gasteiger partial charge in [0, 0.05) is 36.2 Å². The maximum atomic E-state index is 3.47. The summed E-state index contributed by atoms with van der Waals surface area (Å²) in [6.07, 6.45) is 1.18. The Hall–Kier alpha value is -0.510. The zero-order valence-electron chi connectivity index (χ0n) is 13.2. The van der Waals surface area contributed by atoms with E-state index in [1.807, 2.05) is 0 Å². The van der Waals surface area contributed by atoms with Gasteiger partial charge in [-0.3, -0.25) is 4.90 Å². The molecule has 2 nitrogen and oxygen atoms in total. The van der Waals surface area contributed by atoms with Gasteiger partial charge in [-0.2, -0.15) is 11.8 Å². The van der Waals surface area contributed by atoms with Gasteiger partial charge in [-0.05, 0) is 32.9 Å². The maximum Gasteiger partial charge on any atom is 0.0329 e. The highest BCUT2D eigenvalue weighted by molar-refractivity contribution is 8.00. The Balaban J connectivity index is 1.92. The lowest BCUT2D eigenvalue weighted by atomic mass is 10.0. The summed E-state index contributed by atoms with van der Waals surface area (Å²) in [5, 5.41) is 4.23. The summed E-state index contributed by atoms with van der Waals surface area (Å²) in [5.74, 6) is 1.28. The Morgan fingerprint density at radius 2 is 2.00 bits per heavy atom. The lowest BCUT2D eigenvalue weighted by molar-refractivity contribution is 0.203. The Labute approximate surface area is 128 Å². The van der Waals surface area contributed by atoms with Crippen molar-refractivity contribution in [3.63, 3.8) is 0 Å². The molecule has 1 aliphatic heterocycles. The first-order chi connectivity index (χ1) is 9.61. The van der Waals surface area contributed by atoms with Gasteiger partial charge in [0.05, 0.1) is 0 Å². The molecule has 1 aromatic carbocycles. The van der Waals surface area contributed by atoms with Crippen LogP contribution in [-0.2, 0) is 0 Å². The van der Waals surface area contributed by atoms with Gasteiger partial charge < -0.3 is 5.32 Å². The monoisotopic (exact) mass is 292 g/mol. The van der Waals surface area contributed by atoms with Crippen LogP contribution in [0.1, 0.15) is 37.4 Å². The van der Waals surface area contributed by atoms with Crippen LogP contribution in [0.15, 0.2) is 24.3 Å². The van der Waals surface area contributed by atoms with Gasteiger partial charge in [0.2, 0.25) is 0 Å². The molecule has 1 fully saturated rings. The summed E-state index contributed by atoms with van der Waals surface area (Å²) in [7, 11) is 2.07. The summed E-state index contributed by atoms with van der Waals surface area (Å²) >= 11 is 2.11. The van der Waals surface area contributed by atoms with E-state index in [2.05, 4.69) is 74.1 Å². The van der Waals surface area contributed by atoms with Gasteiger partial charge in [-0.25, -0.2) is 0 Å². The molecule has 1 aliphatic rings. The lowest BCUT2D eigenvalue weighted by Crippen LogP contribution is -2.45. The molecule has 112 valence electrons. The second-order valence-corrected chi connectivity index (χ2v) is 7.38. The van der Waals surface area contributed by atoms with E-state index in [0.29, 0.717) is 12.1 Å². The maximum absolute atomic E-state index is 3.47. The van der Waals surface area contributed by atoms with Crippen LogP contribution in [0.5, 0.6) is 0 Å². The van der Waals surface area contributed by atoms with Crippen LogP contribution >= 0.6 is 11.8 Å². The van der Waals surface area contributed by atoms with E-state index in [1.165, 1.54) is 36.4 Å². The van der Waals surface area contributed by atoms with Gasteiger partial charge in [-0.1, -0.05) is 36.8 Å². The molecular formula is C17H28N2S. The van der Waals surface area contributed by atoms with Crippen molar-refractivity contribution in [2.75, 3.05) is 25.9 Å². The number of nitrogens with zero attached hydrogens (tertiary/aromatic N) is 1. The van der Waals surface area contributed by atoms with Gasteiger partial charge in [-0.15, -0.1) is 0 Å². The van der Waals surface area contributed by atoms with Crippen molar-refractivity contribution in [1.82, 2.24) is 10.2 Å². The number of aryl methyl sites for hydroxylation is 1. The minimum absolute atomic E-state index is 0.465. The number of thioether (sulfide) groups is 1. The third-order valence-electron chi connectivity index (χ3n) is 4.55. The molecule has 1 saturated heterocycles. The highest BCUT2D eigenvalue weighted by Gasteiger charge is 2.25. The standard InChI is InChI=1S/C17H28N2S/c1-13-5-7-16(8-6-13)17(18-4)9-10-19-11-12-20-15(3)14(19)2/h5-8,14-15,17-18H,9-12H2,1-4H3. The van der Waals surface area contributed by atoms with Crippen LogP contribution in [0.3, 0.4) is 0 Å². The van der Waals surface area contributed by atoms with E-state index in [-0.39, 0.29) is 0 Å². The van der Waals surface area contributed by atoms with Crippen LogP contribution in [0.25, 0.3) is 0 Å². The molecule has 0 radical (unpaired) electrons. The van der Waals surface area contributed by atoms with Crippen molar-refractivity contribution in [1.29, 1.82) is 0 Å². The third-order valence-corrected chi connectivity index (χ3v) is 5.89. The van der Waals surface area contributed by atoms with E-state index in [1.54, 1.807) is 0 Å². The Morgan fingerprint density at radius 1 is 1.30 bits per heavy atom. The number of nitrogens with one attached hydrogen (secondary N) is 1. The van der Waals surface area contributed by atoms with E-state index in [0.717, 1.165) is 5.25 Å². The molecule has 0 bridgehead atoms. The quantitative estimate of drug-likeness (QED) is 0.894. The number of benzene rings is 1. The van der Waals surface area contributed by atoms with Crippen LogP contribution in [0.4, 0.5) is 0 Å². The van der Waals surface area contributed by atoms with Crippen LogP contribution in [-0.4, -0.2) is 42.1 Å². The fraction of sp³-hybridized carbons (Fsp3) is 0.647. The molecule has 0 aliphatic carbocycles. The van der Waals surface area contributed by atoms with Crippen molar-refractivity contribution < 1.29 is 0 Å². The Bertz CT molecular complexity index is 404. The molecule has 3 atom stereocenters. The lowest BCUT2D eigenvalue weighted by Gasteiger charge is -2.38. The van der Waals surface area contributed by atoms with E-state index < -0.39 is 0 Å². The molecule has 3 heteroatoms. The first kappa shape index (κ1) is 15.9. The van der Waals surface area contributed by atoms with Crippen molar-refractivity contribution >= 4 is 11.8 Å². The zero-order chi connectivity index (χ0) is 14.5. The highest BCUT2D eigenvalue weighted by atomic mass is 32.2. The average Bonchev–Trinajstić information content (AvgIpc) is 2.45. The van der Waals surface area contributed by atoms with E-state index in [9.17, 15) is 0 Å². The molecule has 0 amide bonds. The predicted octanol–water partition coefficient (Wildman–Crippen LogP) is 3.47. The molecule has 20 heavy (non-hydrogen) atoms. The highest BCUT2D eigenvalue weighted by Crippen LogP contribution is 2.25. The molecule has 0 spiro atoms. The third kappa shape index (κ3) is 4.00. The second-order valence-electron chi connectivity index (χ2n) is 5.89. The summed E-state index contributed by atoms with van der Waals surface area (Å²) in [5.41, 5.74) is 2.74. The summed E-state index contributed by atoms with van der Waals surface area (Å²) in [6.45, 7) is 9.30. The van der Waals surface area contributed by atoms with E-state index in [4.69, 9.17) is 0 Å². The SMILES string of the molecule is CNC(CCN1CCSC(C)C1C)c1ccc(C)cc1. The topological polar surface area (TPSA) is 15.3 Å². The number of hydrogen-bond acceptors (Lipinski definition) is 3. The van der Waals surface area contributed by atoms with Crippen molar-refractivity contribution in [2.45, 2.75) is 44.5 Å². The van der Waals surface area contributed by atoms with E-state index >= 15 is 0 Å². The number of hydrogen-bond donors (Lipinski definition) is 1. The Kier molecular flexibility index (Phi) is 5.94. The minimum Gasteiger partial charge on any atom is -0.313 e. The zero-order valence-corrected chi connectivity index (χ0v) is 14.0. The van der Waals surface area contributed by atoms with Crippen molar-refractivity contribution in [3.8, 4) is 0 Å². The van der Waals surface area contributed by atoms with Gasteiger partial charge in [0.25, 0.3) is 0 Å². The fourth-order valence-corrected chi connectivity index (χ4v) is 4.04. The molecular weight excluding hydrogens is 264 g/mol. The van der Waals surface area contributed by atoms with Crippen LogP contribution in [0.2, 0.25) is 0 Å². The van der Waals surface area contributed by atoms with Crippen LogP contribution < -0.4 is 5.32 Å². The molecule has 1 heterocycles. The summed E-state index contributed by atoms with van der Waals surface area (Å²) < 4.78 is 0. The average molecular weight is 292 g/mol. The molecule has 1 aromatic rings. The summed E-state index contributed by atoms with van der Waals surface area (Å²) in [4.78, 5) is 2.65. The first-order valence-corrected chi connectivity index (χ1v) is 8.76. The normalized spacial score (nSPS) is 25.6. The van der Waals surface area contributed by atoms with Crippen molar-refractivity contribution in [2.24, 2.45) is 0 Å². The molecule has 3 unspecified atom stereocenters. The molecule has 1 N–H and O–H groups in total. The fourth-order valence-electron chi connectivity index (χ4n) is 2.88. The minimum atomic E-state index is 0.465. The smallest absolute Gasteiger partial charge is 0.0329 e. The Morgan fingerprint density at radius 3 is 2.65 bits per heavy atom. The summed E-state index contributed by atoms with van der Waals surface area (Å²) in [6, 6.07) is 10.1. The number of rotatable bonds is 5. The first-order valence-electron chi connectivity index (χ1n) is 7.71. The largest absolute Gasteiger partial charge is 0.313 e. The molecule has 0 aromatic heterocycles. The van der Waals surface area contributed by atoms with Gasteiger partial charge >= 0.3 is 0 Å². The van der Waals surface area contributed by atoms with Crippen LogP contribution in [0, 0.1) is 6.92 Å². The predicted molar refractivity (Wildman–Crippen MR) is 90.6 cm³/mol. The van der Waals surface area contributed by atoms with Crippen molar-refractivity contribution in [3.05, 3.63) is 35.4 Å². The van der Waals surface area contributed by atoms with Gasteiger partial charge in [0.15, 0.2) is 0 Å². The molecule has 0 saturated carbocycles. The second kappa shape index (κ2) is 7.48. The van der Waals surface area contributed by atoms with Gasteiger partial charge in [0.1, 0.15) is 0 Å².